The second-order valence-corrected chi connectivity index (χ2v) is 8.94. The molecule has 2 aromatic heterocycles. The predicted octanol–water partition coefficient (Wildman–Crippen LogP) is 3.38. The average molecular weight is 465 g/mol. The first-order chi connectivity index (χ1) is 15.7. The van der Waals surface area contributed by atoms with E-state index in [4.69, 9.17) is 10.3 Å². The van der Waals surface area contributed by atoms with E-state index >= 15 is 0 Å². The predicted molar refractivity (Wildman–Crippen MR) is 123 cm³/mol. The fourth-order valence-corrected chi connectivity index (χ4v) is 3.93. The van der Waals surface area contributed by atoms with Gasteiger partial charge in [-0.15, -0.1) is 0 Å². The summed E-state index contributed by atoms with van der Waals surface area (Å²) >= 11 is 0. The van der Waals surface area contributed by atoms with Crippen LogP contribution < -0.4 is 15.8 Å². The van der Waals surface area contributed by atoms with Crippen molar-refractivity contribution in [2.24, 2.45) is 0 Å². The smallest absolute Gasteiger partial charge is 0.278 e. The number of sulfonamides is 1. The minimum Gasteiger partial charge on any atom is -0.382 e. The van der Waals surface area contributed by atoms with E-state index in [1.807, 2.05) is 31.2 Å². The van der Waals surface area contributed by atoms with Crippen molar-refractivity contribution in [3.05, 3.63) is 77.8 Å². The second kappa shape index (κ2) is 8.71. The van der Waals surface area contributed by atoms with Gasteiger partial charge in [0.2, 0.25) is 0 Å². The highest BCUT2D eigenvalue weighted by Gasteiger charge is 2.18. The van der Waals surface area contributed by atoms with Gasteiger partial charge in [-0.3, -0.25) is 9.52 Å². The molecule has 10 nitrogen and oxygen atoms in total. The van der Waals surface area contributed by atoms with Crippen LogP contribution in [-0.2, 0) is 10.0 Å². The molecule has 168 valence electrons. The maximum Gasteiger partial charge on any atom is 0.278 e. The second-order valence-electron chi connectivity index (χ2n) is 7.26. The summed E-state index contributed by atoms with van der Waals surface area (Å²) in [5, 5.41) is 6.27. The summed E-state index contributed by atoms with van der Waals surface area (Å²) < 4.78 is 32.2. The van der Waals surface area contributed by atoms with Crippen LogP contribution in [0.1, 0.15) is 21.8 Å². The van der Waals surface area contributed by atoms with E-state index in [1.54, 1.807) is 6.92 Å². The highest BCUT2D eigenvalue weighted by molar-refractivity contribution is 7.92. The lowest BCUT2D eigenvalue weighted by atomic mass is 10.1. The van der Waals surface area contributed by atoms with Gasteiger partial charge < -0.3 is 15.6 Å². The largest absolute Gasteiger partial charge is 0.382 e. The molecule has 33 heavy (non-hydrogen) atoms. The molecule has 0 bridgehead atoms. The Morgan fingerprint density at radius 1 is 1.03 bits per heavy atom. The molecule has 4 N–H and O–H groups in total. The summed E-state index contributed by atoms with van der Waals surface area (Å²) in [5.74, 6) is -0.0394. The first-order valence-electron chi connectivity index (χ1n) is 9.78. The molecular formula is C22H20N6O4S. The summed E-state index contributed by atoms with van der Waals surface area (Å²) in [6.07, 6.45) is 1.50. The number of aryl methyl sites for hydroxylation is 2. The van der Waals surface area contributed by atoms with E-state index in [1.165, 1.54) is 36.5 Å². The third-order valence-corrected chi connectivity index (χ3v) is 6.02. The van der Waals surface area contributed by atoms with Crippen molar-refractivity contribution in [1.29, 1.82) is 0 Å². The van der Waals surface area contributed by atoms with Crippen LogP contribution >= 0.6 is 0 Å². The molecule has 4 aromatic rings. The normalized spacial score (nSPS) is 11.2. The molecule has 1 amide bonds. The van der Waals surface area contributed by atoms with Crippen LogP contribution in [0, 0.1) is 13.8 Å². The van der Waals surface area contributed by atoms with Gasteiger partial charge >= 0.3 is 0 Å². The van der Waals surface area contributed by atoms with Crippen LogP contribution in [-0.4, -0.2) is 29.4 Å². The Morgan fingerprint density at radius 2 is 1.73 bits per heavy atom. The van der Waals surface area contributed by atoms with Crippen molar-refractivity contribution in [3.8, 4) is 11.3 Å². The van der Waals surface area contributed by atoms with Crippen LogP contribution in [0.5, 0.6) is 0 Å². The fourth-order valence-electron chi connectivity index (χ4n) is 2.95. The van der Waals surface area contributed by atoms with Gasteiger partial charge in [-0.05, 0) is 38.1 Å². The molecule has 0 aliphatic heterocycles. The first-order valence-corrected chi connectivity index (χ1v) is 11.3. The number of amides is 1. The molecule has 0 spiro atoms. The average Bonchev–Trinajstić information content (AvgIpc) is 3.19. The number of nitrogen functional groups attached to an aromatic ring is 1. The fraction of sp³-hybridized carbons (Fsp3) is 0.0909. The lowest BCUT2D eigenvalue weighted by Gasteiger charge is -2.10. The van der Waals surface area contributed by atoms with Gasteiger partial charge in [-0.25, -0.2) is 18.4 Å². The zero-order valence-corrected chi connectivity index (χ0v) is 18.6. The van der Waals surface area contributed by atoms with Crippen molar-refractivity contribution in [2.75, 3.05) is 15.8 Å². The standard InChI is InChI=1S/C22H20N6O4S/c1-13-3-5-15(6-4-13)18-12-24-21(23)20(26-18)22(29)25-16-7-9-17(10-8-16)33(30,31)28-19-11-14(2)32-27-19/h3-12H,1-2H3,(H2,23,24)(H,25,29)(H,27,28). The molecule has 0 aliphatic carbocycles. The summed E-state index contributed by atoms with van der Waals surface area (Å²) in [5.41, 5.74) is 8.59. The molecule has 0 aliphatic rings. The van der Waals surface area contributed by atoms with Crippen LogP contribution in [0.2, 0.25) is 0 Å². The summed E-state index contributed by atoms with van der Waals surface area (Å²) in [6.45, 7) is 3.62. The maximum atomic E-state index is 12.8. The van der Waals surface area contributed by atoms with E-state index < -0.39 is 15.9 Å². The topological polar surface area (TPSA) is 153 Å². The minimum atomic E-state index is -3.87. The number of carbonyl (C=O) groups is 1. The SMILES string of the molecule is Cc1ccc(-c2cnc(N)c(C(=O)Nc3ccc(S(=O)(=O)Nc4cc(C)on4)cc3)n2)cc1. The van der Waals surface area contributed by atoms with Crippen molar-refractivity contribution < 1.29 is 17.7 Å². The number of hydrogen-bond acceptors (Lipinski definition) is 8. The third-order valence-electron chi connectivity index (χ3n) is 4.65. The lowest BCUT2D eigenvalue weighted by Crippen LogP contribution is -2.17. The van der Waals surface area contributed by atoms with Crippen molar-refractivity contribution in [1.82, 2.24) is 15.1 Å². The molecular weight excluding hydrogens is 444 g/mol. The van der Waals surface area contributed by atoms with Crippen molar-refractivity contribution >= 4 is 33.3 Å². The number of benzene rings is 2. The van der Waals surface area contributed by atoms with Crippen LogP contribution in [0.25, 0.3) is 11.3 Å². The zero-order chi connectivity index (χ0) is 23.6. The summed E-state index contributed by atoms with van der Waals surface area (Å²) in [7, 11) is -3.87. The zero-order valence-electron chi connectivity index (χ0n) is 17.7. The van der Waals surface area contributed by atoms with Crippen molar-refractivity contribution in [2.45, 2.75) is 18.7 Å². The van der Waals surface area contributed by atoms with Gasteiger partial charge in [0, 0.05) is 17.3 Å². The molecule has 0 saturated heterocycles. The monoisotopic (exact) mass is 464 g/mol. The van der Waals surface area contributed by atoms with Gasteiger partial charge in [-0.2, -0.15) is 0 Å². The van der Waals surface area contributed by atoms with E-state index in [9.17, 15) is 13.2 Å². The van der Waals surface area contributed by atoms with Crippen LogP contribution in [0.15, 0.2) is 70.2 Å². The first kappa shape index (κ1) is 22.0. The Labute approximate surface area is 189 Å². The third kappa shape index (κ3) is 4.99. The highest BCUT2D eigenvalue weighted by atomic mass is 32.2. The molecule has 0 radical (unpaired) electrons. The van der Waals surface area contributed by atoms with Gasteiger partial charge in [0.25, 0.3) is 15.9 Å². The number of rotatable bonds is 6. The molecule has 0 saturated carbocycles. The Balaban J connectivity index is 1.51. The van der Waals surface area contributed by atoms with Gasteiger partial charge in [-0.1, -0.05) is 35.0 Å². The quantitative estimate of drug-likeness (QED) is 0.392. The molecule has 11 heteroatoms. The Kier molecular flexibility index (Phi) is 5.80. The minimum absolute atomic E-state index is 0.0122. The molecule has 2 aromatic carbocycles. The molecule has 0 fully saturated rings. The number of nitrogens with zero attached hydrogens (tertiary/aromatic N) is 3. The van der Waals surface area contributed by atoms with Crippen LogP contribution in [0.3, 0.4) is 0 Å². The number of nitrogens with two attached hydrogens (primary N) is 1. The lowest BCUT2D eigenvalue weighted by molar-refractivity contribution is 0.102. The van der Waals surface area contributed by atoms with Gasteiger partial charge in [0.05, 0.1) is 16.8 Å². The number of anilines is 3. The Hall–Kier alpha value is -4.25. The Morgan fingerprint density at radius 3 is 2.36 bits per heavy atom. The van der Waals surface area contributed by atoms with Crippen molar-refractivity contribution in [3.63, 3.8) is 0 Å². The highest BCUT2D eigenvalue weighted by Crippen LogP contribution is 2.21. The summed E-state index contributed by atoms with van der Waals surface area (Å²) in [4.78, 5) is 21.2. The maximum absolute atomic E-state index is 12.8. The van der Waals surface area contributed by atoms with Crippen LogP contribution in [0.4, 0.5) is 17.3 Å². The molecule has 0 unspecified atom stereocenters. The molecule has 0 atom stereocenters. The van der Waals surface area contributed by atoms with E-state index in [-0.39, 0.29) is 22.2 Å². The number of nitrogens with one attached hydrogen (secondary N) is 2. The van der Waals surface area contributed by atoms with Gasteiger partial charge in [0.1, 0.15) is 5.76 Å². The van der Waals surface area contributed by atoms with E-state index in [0.29, 0.717) is 17.1 Å². The number of carbonyl (C=O) groups excluding carboxylic acids is 1. The number of hydrogen-bond donors (Lipinski definition) is 3. The van der Waals surface area contributed by atoms with E-state index in [2.05, 4.69) is 25.2 Å². The molecule has 4 rings (SSSR count). The van der Waals surface area contributed by atoms with Gasteiger partial charge in [0.15, 0.2) is 17.3 Å². The summed E-state index contributed by atoms with van der Waals surface area (Å²) in [6, 6.07) is 14.7. The van der Waals surface area contributed by atoms with E-state index in [0.717, 1.165) is 11.1 Å². The number of aromatic nitrogens is 3. The Bertz CT molecular complexity index is 1410. The molecule has 2 heterocycles.